The van der Waals surface area contributed by atoms with E-state index in [0.717, 1.165) is 60.6 Å². The molecular weight excluding hydrogens is 354 g/mol. The van der Waals surface area contributed by atoms with E-state index in [2.05, 4.69) is 30.2 Å². The molecule has 9 nitrogen and oxygen atoms in total. The summed E-state index contributed by atoms with van der Waals surface area (Å²) in [5.41, 5.74) is 2.76. The van der Waals surface area contributed by atoms with E-state index in [9.17, 15) is 0 Å². The molecule has 0 spiro atoms. The molecule has 0 aromatic carbocycles. The minimum Gasteiger partial charge on any atom is -0.341 e. The summed E-state index contributed by atoms with van der Waals surface area (Å²) in [5, 5.41) is 17.7. The zero-order valence-corrected chi connectivity index (χ0v) is 15.9. The lowest BCUT2D eigenvalue weighted by atomic mass is 9.96. The largest absolute Gasteiger partial charge is 0.341 e. The molecule has 0 unspecified atom stereocenters. The highest BCUT2D eigenvalue weighted by atomic mass is 15.4. The van der Waals surface area contributed by atoms with Gasteiger partial charge in [-0.3, -0.25) is 0 Å². The Bertz CT molecular complexity index is 1090. The topological polar surface area (TPSA) is 89.9 Å². The minimum atomic E-state index is 0.303. The highest BCUT2D eigenvalue weighted by Gasteiger charge is 2.26. The number of hydrogen-bond acceptors (Lipinski definition) is 7. The van der Waals surface area contributed by atoms with Gasteiger partial charge in [-0.05, 0) is 51.0 Å². The second kappa shape index (κ2) is 6.66. The van der Waals surface area contributed by atoms with Crippen molar-refractivity contribution in [1.29, 1.82) is 0 Å². The van der Waals surface area contributed by atoms with E-state index in [1.165, 1.54) is 0 Å². The lowest BCUT2D eigenvalue weighted by molar-refractivity contribution is 0.471. The zero-order chi connectivity index (χ0) is 19.1. The van der Waals surface area contributed by atoms with E-state index in [1.807, 2.05) is 48.8 Å². The summed E-state index contributed by atoms with van der Waals surface area (Å²) in [5.74, 6) is 2.78. The molecule has 4 aromatic heterocycles. The Hall–Kier alpha value is -3.36. The first-order valence-corrected chi connectivity index (χ1v) is 9.47. The Labute approximate surface area is 162 Å². The zero-order valence-electron chi connectivity index (χ0n) is 15.9. The Morgan fingerprint density at radius 3 is 2.50 bits per heavy atom. The van der Waals surface area contributed by atoms with Crippen molar-refractivity contribution in [2.75, 3.05) is 18.0 Å². The van der Waals surface area contributed by atoms with Crippen LogP contribution in [0.15, 0.2) is 36.7 Å². The van der Waals surface area contributed by atoms with Crippen LogP contribution in [0.25, 0.3) is 11.5 Å². The molecule has 0 atom stereocenters. The quantitative estimate of drug-likeness (QED) is 0.542. The van der Waals surface area contributed by atoms with Crippen LogP contribution in [0.3, 0.4) is 0 Å². The monoisotopic (exact) mass is 375 g/mol. The molecule has 4 aromatic rings. The van der Waals surface area contributed by atoms with Gasteiger partial charge < -0.3 is 4.90 Å². The van der Waals surface area contributed by atoms with Crippen LogP contribution in [0.1, 0.15) is 36.0 Å². The molecule has 1 fully saturated rings. The number of piperidine rings is 1. The number of hydrogen-bond donors (Lipinski definition) is 0. The number of anilines is 1. The van der Waals surface area contributed by atoms with E-state index in [0.29, 0.717) is 5.92 Å². The number of aromatic nitrogens is 8. The third-order valence-corrected chi connectivity index (χ3v) is 5.13. The summed E-state index contributed by atoms with van der Waals surface area (Å²) in [4.78, 5) is 11.4. The van der Waals surface area contributed by atoms with Gasteiger partial charge in [-0.15, -0.1) is 15.3 Å². The Balaban J connectivity index is 1.39. The van der Waals surface area contributed by atoms with Crippen molar-refractivity contribution in [2.45, 2.75) is 32.6 Å². The maximum Gasteiger partial charge on any atom is 0.225 e. The molecule has 1 aliphatic heterocycles. The fraction of sp³-hybridized carbons (Fsp3) is 0.368. The van der Waals surface area contributed by atoms with Gasteiger partial charge in [0, 0.05) is 42.8 Å². The average molecular weight is 375 g/mol. The van der Waals surface area contributed by atoms with E-state index in [-0.39, 0.29) is 0 Å². The molecule has 1 saturated heterocycles. The van der Waals surface area contributed by atoms with Gasteiger partial charge in [0.1, 0.15) is 0 Å². The lowest BCUT2D eigenvalue weighted by Crippen LogP contribution is -2.35. The van der Waals surface area contributed by atoms with Gasteiger partial charge in [0.25, 0.3) is 0 Å². The molecule has 28 heavy (non-hydrogen) atoms. The van der Waals surface area contributed by atoms with Crippen molar-refractivity contribution in [3.63, 3.8) is 0 Å². The predicted octanol–water partition coefficient (Wildman–Crippen LogP) is 2.10. The molecule has 142 valence electrons. The molecule has 5 rings (SSSR count). The van der Waals surface area contributed by atoms with Crippen LogP contribution in [0.2, 0.25) is 0 Å². The maximum absolute atomic E-state index is 4.71. The lowest BCUT2D eigenvalue weighted by Gasteiger charge is -2.31. The predicted molar refractivity (Wildman–Crippen MR) is 104 cm³/mol. The third-order valence-electron chi connectivity index (χ3n) is 5.13. The Morgan fingerprint density at radius 2 is 1.79 bits per heavy atom. The molecule has 0 radical (unpaired) electrons. The van der Waals surface area contributed by atoms with Gasteiger partial charge in [-0.25, -0.2) is 14.6 Å². The van der Waals surface area contributed by atoms with Crippen LogP contribution in [0, 0.1) is 13.8 Å². The van der Waals surface area contributed by atoms with Crippen molar-refractivity contribution in [1.82, 2.24) is 39.6 Å². The summed E-state index contributed by atoms with van der Waals surface area (Å²) in [6, 6.07) is 7.71. The molecule has 0 amide bonds. The minimum absolute atomic E-state index is 0.303. The van der Waals surface area contributed by atoms with Gasteiger partial charge in [-0.2, -0.15) is 9.61 Å². The number of aryl methyl sites for hydroxylation is 2. The molecule has 0 N–H and O–H groups in total. The maximum atomic E-state index is 4.71. The van der Waals surface area contributed by atoms with Crippen molar-refractivity contribution >= 4 is 11.6 Å². The molecule has 5 heterocycles. The summed E-state index contributed by atoms with van der Waals surface area (Å²) in [7, 11) is 0. The van der Waals surface area contributed by atoms with Gasteiger partial charge in [-0.1, -0.05) is 0 Å². The van der Waals surface area contributed by atoms with Crippen molar-refractivity contribution in [3.05, 3.63) is 53.9 Å². The Kier molecular flexibility index (Phi) is 4.00. The van der Waals surface area contributed by atoms with E-state index in [1.54, 1.807) is 10.9 Å². The van der Waals surface area contributed by atoms with Crippen LogP contribution >= 0.6 is 0 Å². The molecule has 0 aliphatic carbocycles. The van der Waals surface area contributed by atoms with Crippen molar-refractivity contribution in [3.8, 4) is 5.82 Å². The standard InChI is InChI=1S/C19H21N9/c1-13-12-14(2)22-19(21-13)26-10-6-15(7-11-26)18-24-23-16-4-5-17(25-28(16)18)27-9-3-8-20-27/h3-5,8-9,12,15H,6-7,10-11H2,1-2H3. The second-order valence-corrected chi connectivity index (χ2v) is 7.18. The van der Waals surface area contributed by atoms with Gasteiger partial charge in [0.05, 0.1) is 0 Å². The van der Waals surface area contributed by atoms with Crippen LogP contribution < -0.4 is 4.90 Å². The fourth-order valence-corrected chi connectivity index (χ4v) is 3.76. The van der Waals surface area contributed by atoms with Gasteiger partial charge >= 0.3 is 0 Å². The molecular formula is C19H21N9. The van der Waals surface area contributed by atoms with E-state index >= 15 is 0 Å². The van der Waals surface area contributed by atoms with Crippen LogP contribution in [0.5, 0.6) is 0 Å². The van der Waals surface area contributed by atoms with E-state index in [4.69, 9.17) is 5.10 Å². The highest BCUT2D eigenvalue weighted by molar-refractivity contribution is 5.40. The summed E-state index contributed by atoms with van der Waals surface area (Å²) in [6.07, 6.45) is 5.54. The van der Waals surface area contributed by atoms with Crippen LogP contribution in [0.4, 0.5) is 5.95 Å². The van der Waals surface area contributed by atoms with Gasteiger partial charge in [0.2, 0.25) is 5.95 Å². The SMILES string of the molecule is Cc1cc(C)nc(N2CCC(c3nnc4ccc(-n5cccn5)nn34)CC2)n1. The second-order valence-electron chi connectivity index (χ2n) is 7.18. The van der Waals surface area contributed by atoms with Crippen molar-refractivity contribution in [2.24, 2.45) is 0 Å². The van der Waals surface area contributed by atoms with Crippen LogP contribution in [-0.4, -0.2) is 52.6 Å². The summed E-state index contributed by atoms with van der Waals surface area (Å²) in [6.45, 7) is 5.80. The normalized spacial score (nSPS) is 15.4. The fourth-order valence-electron chi connectivity index (χ4n) is 3.76. The van der Waals surface area contributed by atoms with Crippen molar-refractivity contribution < 1.29 is 0 Å². The number of nitrogens with zero attached hydrogens (tertiary/aromatic N) is 9. The third kappa shape index (κ3) is 2.98. The highest BCUT2D eigenvalue weighted by Crippen LogP contribution is 2.28. The smallest absolute Gasteiger partial charge is 0.225 e. The average Bonchev–Trinajstić information content (AvgIpc) is 3.37. The number of fused-ring (bicyclic) bond motifs is 1. The Morgan fingerprint density at radius 1 is 1.00 bits per heavy atom. The van der Waals surface area contributed by atoms with Crippen LogP contribution in [-0.2, 0) is 0 Å². The molecule has 0 saturated carbocycles. The van der Waals surface area contributed by atoms with Gasteiger partial charge in [0.15, 0.2) is 17.3 Å². The summed E-state index contributed by atoms with van der Waals surface area (Å²) >= 11 is 0. The first kappa shape index (κ1) is 16.8. The van der Waals surface area contributed by atoms with E-state index < -0.39 is 0 Å². The molecule has 0 bridgehead atoms. The number of rotatable bonds is 3. The first-order valence-electron chi connectivity index (χ1n) is 9.47. The summed E-state index contributed by atoms with van der Waals surface area (Å²) < 4.78 is 3.59. The first-order chi connectivity index (χ1) is 13.7. The molecule has 1 aliphatic rings. The molecule has 9 heteroatoms.